The number of aryl methyl sites for hydroxylation is 1. The molecule has 0 bridgehead atoms. The molecule has 3 aromatic rings. The van der Waals surface area contributed by atoms with Gasteiger partial charge in [0, 0.05) is 17.3 Å². The number of nitrogens with zero attached hydrogens (tertiary/aromatic N) is 3. The summed E-state index contributed by atoms with van der Waals surface area (Å²) in [6.45, 7) is 7.24. The van der Waals surface area contributed by atoms with Gasteiger partial charge in [0.1, 0.15) is 15.6 Å². The smallest absolute Gasteiger partial charge is 0.297 e. The van der Waals surface area contributed by atoms with Gasteiger partial charge in [0.15, 0.2) is 0 Å². The van der Waals surface area contributed by atoms with E-state index in [0.29, 0.717) is 16.5 Å². The molecule has 0 unspecified atom stereocenters. The van der Waals surface area contributed by atoms with E-state index in [9.17, 15) is 21.4 Å². The van der Waals surface area contributed by atoms with Gasteiger partial charge in [-0.2, -0.15) is 31.8 Å². The van der Waals surface area contributed by atoms with Crippen molar-refractivity contribution in [2.45, 2.75) is 32.6 Å². The van der Waals surface area contributed by atoms with Crippen LogP contribution in [0.25, 0.3) is 10.8 Å². The van der Waals surface area contributed by atoms with Crippen LogP contribution in [0.2, 0.25) is 0 Å². The van der Waals surface area contributed by atoms with Crippen LogP contribution in [-0.4, -0.2) is 40.9 Å². The Bertz CT molecular complexity index is 1580. The predicted octanol–water partition coefficient (Wildman–Crippen LogP) is 3.91. The third-order valence-corrected chi connectivity index (χ3v) is 6.41. The number of rotatable bonds is 8. The highest BCUT2D eigenvalue weighted by atomic mass is 32.2. The SMILES string of the molecule is CC.C\C=C(/C=C\C(=C\N)S(=O)(=O)O)Nc1nc(C)nc(Nc2ccc3ccccc3c2S(=O)(=O)O)n1. The zero-order valence-corrected chi connectivity index (χ0v) is 22.2. The standard InChI is InChI=1S/C21H22N6O6S2.C2H6/c1-3-15(9-10-16(12-22)34(28,29)30)25-20-23-13(2)24-21(27-20)26-18-11-8-14-6-4-5-7-17(14)19(18)35(31,32)33;1-2/h3-12H,22H2,1-2H3,(H,28,29,30)(H,31,32,33)(H2,23,24,25,26,27);1-2H3/b10-9-,15-3+,16-12-;. The molecule has 6 N–H and O–H groups in total. The number of hydrogen-bond donors (Lipinski definition) is 5. The Morgan fingerprint density at radius 1 is 0.946 bits per heavy atom. The van der Waals surface area contributed by atoms with E-state index in [1.807, 2.05) is 13.8 Å². The van der Waals surface area contributed by atoms with Crippen LogP contribution in [0.4, 0.5) is 17.6 Å². The molecular formula is C23H28N6O6S2. The van der Waals surface area contributed by atoms with Crippen molar-refractivity contribution in [1.82, 2.24) is 15.0 Å². The van der Waals surface area contributed by atoms with Gasteiger partial charge in [0.05, 0.1) is 5.69 Å². The summed E-state index contributed by atoms with van der Waals surface area (Å²) >= 11 is 0. The molecule has 0 saturated heterocycles. The first-order chi connectivity index (χ1) is 17.4. The minimum Gasteiger partial charge on any atom is -0.403 e. The Morgan fingerprint density at radius 3 is 2.19 bits per heavy atom. The molecule has 0 radical (unpaired) electrons. The van der Waals surface area contributed by atoms with Gasteiger partial charge >= 0.3 is 0 Å². The van der Waals surface area contributed by atoms with E-state index in [4.69, 9.17) is 10.3 Å². The Labute approximate surface area is 215 Å². The number of anilines is 3. The second kappa shape index (κ2) is 12.4. The lowest BCUT2D eigenvalue weighted by atomic mass is 10.1. The summed E-state index contributed by atoms with van der Waals surface area (Å²) in [5.41, 5.74) is 5.65. The first kappa shape index (κ1) is 29.4. The second-order valence-electron chi connectivity index (χ2n) is 7.04. The fourth-order valence-electron chi connectivity index (χ4n) is 3.07. The quantitative estimate of drug-likeness (QED) is 0.201. The fraction of sp³-hybridized carbons (Fsp3) is 0.174. The average Bonchev–Trinajstić information content (AvgIpc) is 2.82. The molecule has 0 aliphatic heterocycles. The predicted molar refractivity (Wildman–Crippen MR) is 143 cm³/mol. The number of nitrogens with two attached hydrogens (primary N) is 1. The Morgan fingerprint density at radius 2 is 1.59 bits per heavy atom. The van der Waals surface area contributed by atoms with Crippen molar-refractivity contribution in [3.8, 4) is 0 Å². The van der Waals surface area contributed by atoms with Crippen LogP contribution in [0.1, 0.15) is 26.6 Å². The maximum Gasteiger partial charge on any atom is 0.297 e. The second-order valence-corrected chi connectivity index (χ2v) is 9.82. The zero-order valence-electron chi connectivity index (χ0n) is 20.5. The van der Waals surface area contributed by atoms with Gasteiger partial charge in [-0.3, -0.25) is 9.11 Å². The largest absolute Gasteiger partial charge is 0.403 e. The summed E-state index contributed by atoms with van der Waals surface area (Å²) in [5.74, 6) is 0.316. The fourth-order valence-corrected chi connectivity index (χ4v) is 4.34. The van der Waals surface area contributed by atoms with Gasteiger partial charge in [-0.05, 0) is 37.5 Å². The summed E-state index contributed by atoms with van der Waals surface area (Å²) in [7, 11) is -9.10. The zero-order chi connectivity index (χ0) is 27.8. The molecule has 1 heterocycles. The molecule has 14 heteroatoms. The molecule has 0 spiro atoms. The molecule has 37 heavy (non-hydrogen) atoms. The van der Waals surface area contributed by atoms with Crippen molar-refractivity contribution in [2.24, 2.45) is 5.73 Å². The van der Waals surface area contributed by atoms with E-state index in [0.717, 1.165) is 12.3 Å². The molecule has 198 valence electrons. The lowest BCUT2D eigenvalue weighted by Crippen LogP contribution is -2.10. The molecule has 0 fully saturated rings. The van der Waals surface area contributed by atoms with Crippen molar-refractivity contribution < 1.29 is 25.9 Å². The van der Waals surface area contributed by atoms with E-state index in [-0.39, 0.29) is 28.3 Å². The third-order valence-electron chi connectivity index (χ3n) is 4.59. The summed E-state index contributed by atoms with van der Waals surface area (Å²) in [4.78, 5) is 11.7. The molecule has 12 nitrogen and oxygen atoms in total. The van der Waals surface area contributed by atoms with E-state index in [2.05, 4.69) is 25.6 Å². The summed E-state index contributed by atoms with van der Waals surface area (Å²) in [5, 5.41) is 6.59. The summed E-state index contributed by atoms with van der Waals surface area (Å²) in [6.07, 6.45) is 4.74. The van der Waals surface area contributed by atoms with Gasteiger partial charge in [-0.1, -0.05) is 50.3 Å². The lowest BCUT2D eigenvalue weighted by molar-refractivity contribution is 0.484. The molecule has 0 atom stereocenters. The van der Waals surface area contributed by atoms with Crippen LogP contribution in [0.15, 0.2) is 76.3 Å². The third kappa shape index (κ3) is 7.82. The van der Waals surface area contributed by atoms with Crippen LogP contribution in [0.3, 0.4) is 0 Å². The van der Waals surface area contributed by atoms with E-state index >= 15 is 0 Å². The highest BCUT2D eigenvalue weighted by Gasteiger charge is 2.20. The number of fused-ring (bicyclic) bond motifs is 1. The number of allylic oxidation sites excluding steroid dienone is 3. The number of aromatic nitrogens is 3. The van der Waals surface area contributed by atoms with Gasteiger partial charge in [0.2, 0.25) is 11.9 Å². The molecule has 0 aliphatic rings. The summed E-state index contributed by atoms with van der Waals surface area (Å²) < 4.78 is 65.9. The molecule has 0 amide bonds. The molecule has 2 aromatic carbocycles. The van der Waals surface area contributed by atoms with Gasteiger partial charge in [-0.15, -0.1) is 0 Å². The number of benzene rings is 2. The van der Waals surface area contributed by atoms with Crippen LogP contribution in [-0.2, 0) is 20.2 Å². The van der Waals surface area contributed by atoms with Crippen molar-refractivity contribution in [2.75, 3.05) is 10.6 Å². The monoisotopic (exact) mass is 548 g/mol. The minimum atomic E-state index is -4.61. The first-order valence-corrected chi connectivity index (χ1v) is 13.8. The van der Waals surface area contributed by atoms with Crippen molar-refractivity contribution in [1.29, 1.82) is 0 Å². The minimum absolute atomic E-state index is 0.0138. The van der Waals surface area contributed by atoms with Crippen molar-refractivity contribution in [3.05, 3.63) is 77.3 Å². The van der Waals surface area contributed by atoms with E-state index < -0.39 is 25.1 Å². The Hall–Kier alpha value is -3.85. The Kier molecular flexibility index (Phi) is 9.85. The van der Waals surface area contributed by atoms with Gasteiger partial charge in [0.25, 0.3) is 20.2 Å². The van der Waals surface area contributed by atoms with Crippen LogP contribution in [0, 0.1) is 6.92 Å². The molecule has 0 saturated carbocycles. The molecule has 1 aromatic heterocycles. The number of nitrogens with one attached hydrogen (secondary N) is 2. The lowest BCUT2D eigenvalue weighted by Gasteiger charge is -2.13. The molecule has 0 aliphatic carbocycles. The van der Waals surface area contributed by atoms with E-state index in [1.165, 1.54) is 12.1 Å². The molecule has 3 rings (SSSR count). The van der Waals surface area contributed by atoms with Gasteiger partial charge < -0.3 is 16.4 Å². The maximum atomic E-state index is 12.2. The van der Waals surface area contributed by atoms with Crippen molar-refractivity contribution in [3.63, 3.8) is 0 Å². The first-order valence-electron chi connectivity index (χ1n) is 10.9. The van der Waals surface area contributed by atoms with Crippen LogP contribution in [0.5, 0.6) is 0 Å². The topological polar surface area (TPSA) is 197 Å². The number of hydrogen-bond acceptors (Lipinski definition) is 10. The maximum absolute atomic E-state index is 12.2. The van der Waals surface area contributed by atoms with Crippen LogP contribution >= 0.6 is 0 Å². The van der Waals surface area contributed by atoms with E-state index in [1.54, 1.807) is 50.3 Å². The van der Waals surface area contributed by atoms with Crippen LogP contribution < -0.4 is 16.4 Å². The van der Waals surface area contributed by atoms with Gasteiger partial charge in [-0.25, -0.2) is 0 Å². The highest BCUT2D eigenvalue weighted by molar-refractivity contribution is 7.90. The van der Waals surface area contributed by atoms with Crippen molar-refractivity contribution >= 4 is 48.6 Å². The highest BCUT2D eigenvalue weighted by Crippen LogP contribution is 2.31. The average molecular weight is 549 g/mol. The Balaban J connectivity index is 0.00000235. The molecular weight excluding hydrogens is 520 g/mol. The normalized spacial score (nSPS) is 12.8. The summed E-state index contributed by atoms with van der Waals surface area (Å²) in [6, 6.07) is 9.83.